The molecular weight excluding hydrogens is 216 g/mol. The molecule has 94 valence electrons. The topological polar surface area (TPSA) is 61.0 Å². The summed E-state index contributed by atoms with van der Waals surface area (Å²) in [6, 6.07) is 0.368. The summed E-state index contributed by atoms with van der Waals surface area (Å²) in [4.78, 5) is 21.1. The molecular formula is C12H20N4O. The Morgan fingerprint density at radius 1 is 1.53 bits per heavy atom. The lowest BCUT2D eigenvalue weighted by Crippen LogP contribution is -2.46. The monoisotopic (exact) mass is 236 g/mol. The lowest BCUT2D eigenvalue weighted by Gasteiger charge is -2.34. The molecule has 1 amide bonds. The second kappa shape index (κ2) is 5.82. The number of H-pyrrole nitrogens is 1. The van der Waals surface area contributed by atoms with E-state index in [1.165, 1.54) is 0 Å². The minimum atomic E-state index is 0.0799. The summed E-state index contributed by atoms with van der Waals surface area (Å²) >= 11 is 0. The third-order valence-electron chi connectivity index (χ3n) is 3.20. The number of piperidine rings is 1. The number of hydrogen-bond acceptors (Lipinski definition) is 3. The van der Waals surface area contributed by atoms with E-state index in [0.29, 0.717) is 11.7 Å². The van der Waals surface area contributed by atoms with E-state index in [-0.39, 0.29) is 5.91 Å². The van der Waals surface area contributed by atoms with E-state index >= 15 is 0 Å². The predicted molar refractivity (Wildman–Crippen MR) is 65.8 cm³/mol. The Balaban J connectivity index is 2.07. The SMILES string of the molecule is CCCN(C(=O)c1cnc[nH]1)C1CCNCC1. The second-order valence-corrected chi connectivity index (χ2v) is 4.45. The number of amides is 1. The molecule has 1 aliphatic rings. The molecule has 2 N–H and O–H groups in total. The van der Waals surface area contributed by atoms with Crippen molar-refractivity contribution in [2.75, 3.05) is 19.6 Å². The largest absolute Gasteiger partial charge is 0.341 e. The molecule has 0 saturated carbocycles. The summed E-state index contributed by atoms with van der Waals surface area (Å²) < 4.78 is 0. The average Bonchev–Trinajstić information content (AvgIpc) is 2.90. The average molecular weight is 236 g/mol. The van der Waals surface area contributed by atoms with Crippen LogP contribution in [0.25, 0.3) is 0 Å². The summed E-state index contributed by atoms with van der Waals surface area (Å²) in [5.41, 5.74) is 0.594. The van der Waals surface area contributed by atoms with E-state index in [2.05, 4.69) is 22.2 Å². The number of hydrogen-bond donors (Lipinski definition) is 2. The van der Waals surface area contributed by atoms with Crippen molar-refractivity contribution in [3.8, 4) is 0 Å². The van der Waals surface area contributed by atoms with Gasteiger partial charge in [-0.1, -0.05) is 6.92 Å². The molecule has 2 rings (SSSR count). The number of carbonyl (C=O) groups excluding carboxylic acids is 1. The fourth-order valence-corrected chi connectivity index (χ4v) is 2.34. The maximum absolute atomic E-state index is 12.3. The Morgan fingerprint density at radius 2 is 2.29 bits per heavy atom. The standard InChI is InChI=1S/C12H20N4O/c1-2-7-16(10-3-5-13-6-4-10)12(17)11-8-14-9-15-11/h8-10,13H,2-7H2,1H3,(H,14,15). The second-order valence-electron chi connectivity index (χ2n) is 4.45. The first-order valence-electron chi connectivity index (χ1n) is 6.33. The van der Waals surface area contributed by atoms with Gasteiger partial charge in [-0.2, -0.15) is 0 Å². The van der Waals surface area contributed by atoms with E-state index in [9.17, 15) is 4.79 Å². The maximum Gasteiger partial charge on any atom is 0.272 e. The molecule has 0 aliphatic carbocycles. The highest BCUT2D eigenvalue weighted by molar-refractivity contribution is 5.92. The summed E-state index contributed by atoms with van der Waals surface area (Å²) in [7, 11) is 0. The fourth-order valence-electron chi connectivity index (χ4n) is 2.34. The van der Waals surface area contributed by atoms with Crippen molar-refractivity contribution in [3.05, 3.63) is 18.2 Å². The van der Waals surface area contributed by atoms with Gasteiger partial charge in [0.15, 0.2) is 0 Å². The van der Waals surface area contributed by atoms with Gasteiger partial charge in [0.05, 0.1) is 12.5 Å². The van der Waals surface area contributed by atoms with Crippen molar-refractivity contribution >= 4 is 5.91 Å². The van der Waals surface area contributed by atoms with Gasteiger partial charge in [-0.3, -0.25) is 4.79 Å². The van der Waals surface area contributed by atoms with Crippen molar-refractivity contribution in [1.29, 1.82) is 0 Å². The van der Waals surface area contributed by atoms with Crippen LogP contribution in [0.3, 0.4) is 0 Å². The zero-order valence-electron chi connectivity index (χ0n) is 10.3. The number of nitrogens with one attached hydrogen (secondary N) is 2. The number of rotatable bonds is 4. The molecule has 0 bridgehead atoms. The highest BCUT2D eigenvalue weighted by Crippen LogP contribution is 2.15. The summed E-state index contributed by atoms with van der Waals surface area (Å²) in [6.07, 6.45) is 6.23. The van der Waals surface area contributed by atoms with Crippen LogP contribution in [-0.4, -0.2) is 46.5 Å². The number of nitrogens with zero attached hydrogens (tertiary/aromatic N) is 2. The van der Waals surface area contributed by atoms with E-state index in [4.69, 9.17) is 0 Å². The molecule has 1 aliphatic heterocycles. The van der Waals surface area contributed by atoms with E-state index in [1.807, 2.05) is 4.90 Å². The molecule has 0 atom stereocenters. The van der Waals surface area contributed by atoms with Crippen LogP contribution >= 0.6 is 0 Å². The highest BCUT2D eigenvalue weighted by Gasteiger charge is 2.25. The van der Waals surface area contributed by atoms with Crippen molar-refractivity contribution in [1.82, 2.24) is 20.2 Å². The van der Waals surface area contributed by atoms with Gasteiger partial charge in [0, 0.05) is 12.6 Å². The molecule has 2 heterocycles. The maximum atomic E-state index is 12.3. The lowest BCUT2D eigenvalue weighted by atomic mass is 10.0. The Hall–Kier alpha value is -1.36. The third kappa shape index (κ3) is 2.85. The van der Waals surface area contributed by atoms with Gasteiger partial charge in [-0.05, 0) is 32.4 Å². The minimum absolute atomic E-state index is 0.0799. The molecule has 0 spiro atoms. The first-order valence-corrected chi connectivity index (χ1v) is 6.33. The molecule has 0 aromatic carbocycles. The number of imidazole rings is 1. The van der Waals surface area contributed by atoms with Gasteiger partial charge in [0.25, 0.3) is 5.91 Å². The summed E-state index contributed by atoms with van der Waals surface area (Å²) in [6.45, 7) is 4.93. The van der Waals surface area contributed by atoms with Crippen LogP contribution in [0.4, 0.5) is 0 Å². The van der Waals surface area contributed by atoms with Gasteiger partial charge in [-0.15, -0.1) is 0 Å². The molecule has 17 heavy (non-hydrogen) atoms. The van der Waals surface area contributed by atoms with Gasteiger partial charge < -0.3 is 15.2 Å². The van der Waals surface area contributed by atoms with E-state index < -0.39 is 0 Å². The van der Waals surface area contributed by atoms with Crippen LogP contribution in [-0.2, 0) is 0 Å². The quantitative estimate of drug-likeness (QED) is 0.820. The Morgan fingerprint density at radius 3 is 2.88 bits per heavy atom. The van der Waals surface area contributed by atoms with Gasteiger partial charge in [-0.25, -0.2) is 4.98 Å². The third-order valence-corrected chi connectivity index (χ3v) is 3.20. The van der Waals surface area contributed by atoms with Crippen LogP contribution in [0.15, 0.2) is 12.5 Å². The van der Waals surface area contributed by atoms with Crippen molar-refractivity contribution in [3.63, 3.8) is 0 Å². The fraction of sp³-hybridized carbons (Fsp3) is 0.667. The molecule has 5 nitrogen and oxygen atoms in total. The minimum Gasteiger partial charge on any atom is -0.341 e. The summed E-state index contributed by atoms with van der Waals surface area (Å²) in [5.74, 6) is 0.0799. The zero-order chi connectivity index (χ0) is 12.1. The molecule has 5 heteroatoms. The molecule has 0 radical (unpaired) electrons. The molecule has 1 aromatic rings. The molecule has 1 saturated heterocycles. The number of carbonyl (C=O) groups is 1. The number of aromatic amines is 1. The highest BCUT2D eigenvalue weighted by atomic mass is 16.2. The van der Waals surface area contributed by atoms with Crippen molar-refractivity contribution in [2.45, 2.75) is 32.2 Å². The first-order chi connectivity index (χ1) is 8.33. The van der Waals surface area contributed by atoms with Crippen molar-refractivity contribution in [2.24, 2.45) is 0 Å². The predicted octanol–water partition coefficient (Wildman–Crippen LogP) is 1.01. The van der Waals surface area contributed by atoms with Crippen LogP contribution < -0.4 is 5.32 Å². The summed E-state index contributed by atoms with van der Waals surface area (Å²) in [5, 5.41) is 3.33. The number of aromatic nitrogens is 2. The zero-order valence-corrected chi connectivity index (χ0v) is 10.3. The smallest absolute Gasteiger partial charge is 0.272 e. The van der Waals surface area contributed by atoms with Gasteiger partial charge >= 0.3 is 0 Å². The molecule has 1 aromatic heterocycles. The van der Waals surface area contributed by atoms with Crippen LogP contribution in [0.1, 0.15) is 36.7 Å². The van der Waals surface area contributed by atoms with Gasteiger partial charge in [0.1, 0.15) is 5.69 Å². The van der Waals surface area contributed by atoms with Gasteiger partial charge in [0.2, 0.25) is 0 Å². The van der Waals surface area contributed by atoms with Crippen LogP contribution in [0.2, 0.25) is 0 Å². The van der Waals surface area contributed by atoms with E-state index in [0.717, 1.165) is 38.9 Å². The lowest BCUT2D eigenvalue weighted by molar-refractivity contribution is 0.0637. The normalized spacial score (nSPS) is 17.0. The molecule has 0 unspecified atom stereocenters. The van der Waals surface area contributed by atoms with Crippen LogP contribution in [0.5, 0.6) is 0 Å². The Kier molecular flexibility index (Phi) is 4.14. The van der Waals surface area contributed by atoms with Crippen LogP contribution in [0, 0.1) is 0 Å². The Labute approximate surface area is 102 Å². The van der Waals surface area contributed by atoms with E-state index in [1.54, 1.807) is 12.5 Å². The van der Waals surface area contributed by atoms with Crippen molar-refractivity contribution < 1.29 is 4.79 Å². The first kappa shape index (κ1) is 12.1. The Bertz CT molecular complexity index is 343. The molecule has 1 fully saturated rings.